The summed E-state index contributed by atoms with van der Waals surface area (Å²) in [7, 11) is 1.70. The summed E-state index contributed by atoms with van der Waals surface area (Å²) in [5, 5.41) is 20.2. The summed E-state index contributed by atoms with van der Waals surface area (Å²) in [6, 6.07) is 4.95. The molecule has 1 aromatic carbocycles. The summed E-state index contributed by atoms with van der Waals surface area (Å²) in [4.78, 5) is 12.6. The van der Waals surface area contributed by atoms with Gasteiger partial charge in [0.2, 0.25) is 0 Å². The Morgan fingerprint density at radius 1 is 1.55 bits per heavy atom. The number of methoxy groups -OCH3 is 1. The molecule has 6 nitrogen and oxygen atoms in total. The fraction of sp³-hybridized carbons (Fsp3) is 0.571. The van der Waals surface area contributed by atoms with E-state index in [2.05, 4.69) is 4.90 Å². The van der Waals surface area contributed by atoms with E-state index in [9.17, 15) is 15.2 Å². The summed E-state index contributed by atoms with van der Waals surface area (Å²) in [6.45, 7) is 2.23. The number of nitro groups is 1. The number of nitro benzene ring substituents is 1. The molecule has 1 N–H and O–H groups in total. The number of ether oxygens (including phenoxy) is 1. The number of rotatable bonds is 5. The Labute approximate surface area is 118 Å². The Hall–Kier alpha value is -1.66. The highest BCUT2D eigenvalue weighted by Gasteiger charge is 2.22. The topological polar surface area (TPSA) is 75.8 Å². The predicted molar refractivity (Wildman–Crippen MR) is 75.8 cm³/mol. The molecule has 0 aliphatic carbocycles. The number of hydrogen-bond donors (Lipinski definition) is 1. The van der Waals surface area contributed by atoms with Crippen LogP contribution in [0.3, 0.4) is 0 Å². The van der Waals surface area contributed by atoms with Crippen molar-refractivity contribution in [2.75, 3.05) is 31.7 Å². The van der Waals surface area contributed by atoms with E-state index >= 15 is 0 Å². The lowest BCUT2D eigenvalue weighted by molar-refractivity contribution is -0.385. The van der Waals surface area contributed by atoms with Gasteiger partial charge in [-0.25, -0.2) is 0 Å². The molecule has 110 valence electrons. The zero-order valence-electron chi connectivity index (χ0n) is 11.6. The molecule has 0 radical (unpaired) electrons. The summed E-state index contributed by atoms with van der Waals surface area (Å²) >= 11 is 0. The van der Waals surface area contributed by atoms with Gasteiger partial charge in [-0.15, -0.1) is 0 Å². The van der Waals surface area contributed by atoms with Gasteiger partial charge in [0.25, 0.3) is 5.69 Å². The minimum Gasteiger partial charge on any atom is -0.391 e. The zero-order valence-corrected chi connectivity index (χ0v) is 11.6. The van der Waals surface area contributed by atoms with E-state index < -0.39 is 4.92 Å². The molecule has 0 saturated carbocycles. The predicted octanol–water partition coefficient (Wildman–Crippen LogP) is 1.95. The molecule has 1 saturated heterocycles. The van der Waals surface area contributed by atoms with Gasteiger partial charge in [-0.3, -0.25) is 10.1 Å². The monoisotopic (exact) mass is 280 g/mol. The highest BCUT2D eigenvalue weighted by molar-refractivity contribution is 5.55. The second-order valence-electron chi connectivity index (χ2n) is 5.14. The van der Waals surface area contributed by atoms with Crippen molar-refractivity contribution in [2.24, 2.45) is 5.92 Å². The molecule has 6 heteroatoms. The summed E-state index contributed by atoms with van der Waals surface area (Å²) in [5.41, 5.74) is 1.27. The fourth-order valence-electron chi connectivity index (χ4n) is 2.74. The van der Waals surface area contributed by atoms with E-state index in [0.717, 1.165) is 38.2 Å². The number of aliphatic hydroxyl groups is 1. The molecule has 1 aromatic rings. The molecular formula is C14H20N2O4. The Kier molecular flexibility index (Phi) is 4.92. The molecule has 1 aliphatic heterocycles. The Morgan fingerprint density at radius 3 is 3.00 bits per heavy atom. The first-order valence-corrected chi connectivity index (χ1v) is 6.77. The van der Waals surface area contributed by atoms with E-state index in [0.29, 0.717) is 11.5 Å². The summed E-state index contributed by atoms with van der Waals surface area (Å²) in [5.74, 6) is 0.488. The molecule has 1 heterocycles. The van der Waals surface area contributed by atoms with Crippen molar-refractivity contribution >= 4 is 11.4 Å². The van der Waals surface area contributed by atoms with E-state index in [1.807, 2.05) is 0 Å². The van der Waals surface area contributed by atoms with Gasteiger partial charge >= 0.3 is 0 Å². The van der Waals surface area contributed by atoms with Crippen molar-refractivity contribution in [1.29, 1.82) is 0 Å². The molecule has 20 heavy (non-hydrogen) atoms. The minimum absolute atomic E-state index is 0.0262. The first-order chi connectivity index (χ1) is 9.65. The highest BCUT2D eigenvalue weighted by atomic mass is 16.6. The third-order valence-corrected chi connectivity index (χ3v) is 3.72. The maximum Gasteiger partial charge on any atom is 0.275 e. The first kappa shape index (κ1) is 14.7. The highest BCUT2D eigenvalue weighted by Crippen LogP contribution is 2.28. The third kappa shape index (κ3) is 3.26. The van der Waals surface area contributed by atoms with E-state index in [4.69, 9.17) is 4.74 Å². The van der Waals surface area contributed by atoms with Gasteiger partial charge in [0, 0.05) is 32.0 Å². The molecule has 0 spiro atoms. The van der Waals surface area contributed by atoms with Crippen molar-refractivity contribution in [3.63, 3.8) is 0 Å². The fourth-order valence-corrected chi connectivity index (χ4v) is 2.74. The molecule has 1 fully saturated rings. The number of piperidine rings is 1. The number of benzene rings is 1. The SMILES string of the molecule is COCC1CCCN(c2ccc([N+](=O)[O-])c(CO)c2)C1. The van der Waals surface area contributed by atoms with Crippen LogP contribution >= 0.6 is 0 Å². The number of nitrogens with zero attached hydrogens (tertiary/aromatic N) is 2. The van der Waals surface area contributed by atoms with Crippen LogP contribution < -0.4 is 4.90 Å². The molecule has 1 aliphatic rings. The van der Waals surface area contributed by atoms with Gasteiger partial charge in [0.1, 0.15) is 0 Å². The van der Waals surface area contributed by atoms with Gasteiger partial charge in [0.15, 0.2) is 0 Å². The third-order valence-electron chi connectivity index (χ3n) is 3.72. The van der Waals surface area contributed by atoms with E-state index in [-0.39, 0.29) is 12.3 Å². The molecule has 1 atom stereocenters. The van der Waals surface area contributed by atoms with Crippen molar-refractivity contribution in [3.8, 4) is 0 Å². The zero-order chi connectivity index (χ0) is 14.5. The lowest BCUT2D eigenvalue weighted by atomic mass is 9.98. The molecule has 0 aromatic heterocycles. The van der Waals surface area contributed by atoms with Crippen LogP contribution in [0.25, 0.3) is 0 Å². The summed E-state index contributed by atoms with van der Waals surface area (Å²) in [6.07, 6.45) is 2.23. The second-order valence-corrected chi connectivity index (χ2v) is 5.14. The Morgan fingerprint density at radius 2 is 2.35 bits per heavy atom. The average Bonchev–Trinajstić information content (AvgIpc) is 2.47. The maximum absolute atomic E-state index is 10.9. The van der Waals surface area contributed by atoms with Crippen LogP contribution in [-0.4, -0.2) is 36.8 Å². The Balaban J connectivity index is 2.18. The quantitative estimate of drug-likeness (QED) is 0.659. The normalized spacial score (nSPS) is 19.1. The maximum atomic E-state index is 10.9. The lowest BCUT2D eigenvalue weighted by Gasteiger charge is -2.34. The van der Waals surface area contributed by atoms with Crippen LogP contribution in [0.2, 0.25) is 0 Å². The van der Waals surface area contributed by atoms with Gasteiger partial charge < -0.3 is 14.7 Å². The van der Waals surface area contributed by atoms with Crippen LogP contribution in [0.5, 0.6) is 0 Å². The summed E-state index contributed by atoms with van der Waals surface area (Å²) < 4.78 is 5.21. The molecule has 0 bridgehead atoms. The molecule has 1 unspecified atom stereocenters. The van der Waals surface area contributed by atoms with Gasteiger partial charge in [-0.2, -0.15) is 0 Å². The van der Waals surface area contributed by atoms with E-state index in [1.165, 1.54) is 6.07 Å². The van der Waals surface area contributed by atoms with Crippen LogP contribution in [0.15, 0.2) is 18.2 Å². The molecule has 2 rings (SSSR count). The van der Waals surface area contributed by atoms with E-state index in [1.54, 1.807) is 19.2 Å². The number of anilines is 1. The number of hydrogen-bond acceptors (Lipinski definition) is 5. The first-order valence-electron chi connectivity index (χ1n) is 6.77. The average molecular weight is 280 g/mol. The Bertz CT molecular complexity index is 476. The van der Waals surface area contributed by atoms with Gasteiger partial charge in [0.05, 0.1) is 23.7 Å². The van der Waals surface area contributed by atoms with Crippen LogP contribution in [0, 0.1) is 16.0 Å². The molecule has 0 amide bonds. The molecular weight excluding hydrogens is 260 g/mol. The van der Waals surface area contributed by atoms with Crippen LogP contribution in [0.4, 0.5) is 11.4 Å². The van der Waals surface area contributed by atoms with Crippen LogP contribution in [-0.2, 0) is 11.3 Å². The van der Waals surface area contributed by atoms with Crippen molar-refractivity contribution in [1.82, 2.24) is 0 Å². The largest absolute Gasteiger partial charge is 0.391 e. The standard InChI is InChI=1S/C14H20N2O4/c1-20-10-11-3-2-6-15(8-11)13-4-5-14(16(18)19)12(7-13)9-17/h4-5,7,11,17H,2-3,6,8-10H2,1H3. The second kappa shape index (κ2) is 6.67. The van der Waals surface area contributed by atoms with Gasteiger partial charge in [-0.1, -0.05) is 0 Å². The minimum atomic E-state index is -0.459. The van der Waals surface area contributed by atoms with Crippen LogP contribution in [0.1, 0.15) is 18.4 Å². The number of aliphatic hydroxyl groups excluding tert-OH is 1. The van der Waals surface area contributed by atoms with Gasteiger partial charge in [-0.05, 0) is 30.9 Å². The van der Waals surface area contributed by atoms with Crippen molar-refractivity contribution in [3.05, 3.63) is 33.9 Å². The smallest absolute Gasteiger partial charge is 0.275 e. The lowest BCUT2D eigenvalue weighted by Crippen LogP contribution is -2.37. The van der Waals surface area contributed by atoms with Crippen molar-refractivity contribution < 1.29 is 14.8 Å². The van der Waals surface area contributed by atoms with Crippen molar-refractivity contribution in [2.45, 2.75) is 19.4 Å².